The van der Waals surface area contributed by atoms with Gasteiger partial charge in [-0.05, 0) is 23.1 Å². The zero-order valence-electron chi connectivity index (χ0n) is 10.4. The molecule has 0 fully saturated rings. The Kier molecular flexibility index (Phi) is 4.23. The Balaban J connectivity index is 2.94. The lowest BCUT2D eigenvalue weighted by molar-refractivity contribution is 0.0940. The SMILES string of the molecule is CC(C)(C)c1ccc(C(=O)NCCO)c(F)c1. The molecule has 1 aromatic rings. The number of carbonyl (C=O) groups is 1. The molecule has 0 radical (unpaired) electrons. The molecule has 94 valence electrons. The van der Waals surface area contributed by atoms with Crippen molar-refractivity contribution in [3.63, 3.8) is 0 Å². The number of hydrogen-bond acceptors (Lipinski definition) is 2. The van der Waals surface area contributed by atoms with Crippen molar-refractivity contribution < 1.29 is 14.3 Å². The summed E-state index contributed by atoms with van der Waals surface area (Å²) in [5.41, 5.74) is 0.696. The minimum absolute atomic E-state index is 0.00597. The Bertz CT molecular complexity index is 410. The van der Waals surface area contributed by atoms with Crippen molar-refractivity contribution in [1.82, 2.24) is 5.32 Å². The smallest absolute Gasteiger partial charge is 0.254 e. The molecule has 1 aromatic carbocycles. The van der Waals surface area contributed by atoms with Crippen LogP contribution in [0.15, 0.2) is 18.2 Å². The first-order valence-electron chi connectivity index (χ1n) is 5.55. The molecule has 0 spiro atoms. The van der Waals surface area contributed by atoms with Gasteiger partial charge in [0.1, 0.15) is 5.82 Å². The molecule has 3 nitrogen and oxygen atoms in total. The molecule has 1 amide bonds. The molecule has 0 atom stereocenters. The Hall–Kier alpha value is -1.42. The van der Waals surface area contributed by atoms with Gasteiger partial charge in [-0.15, -0.1) is 0 Å². The fraction of sp³-hybridized carbons (Fsp3) is 0.462. The van der Waals surface area contributed by atoms with E-state index < -0.39 is 11.7 Å². The van der Waals surface area contributed by atoms with Crippen LogP contribution in [0, 0.1) is 5.82 Å². The van der Waals surface area contributed by atoms with Crippen molar-refractivity contribution in [1.29, 1.82) is 0 Å². The molecule has 0 saturated heterocycles. The molecule has 0 aliphatic heterocycles. The van der Waals surface area contributed by atoms with Gasteiger partial charge in [0.15, 0.2) is 0 Å². The molecule has 0 aliphatic rings. The maximum absolute atomic E-state index is 13.7. The van der Waals surface area contributed by atoms with Crippen LogP contribution in [0.25, 0.3) is 0 Å². The molecule has 0 bridgehead atoms. The summed E-state index contributed by atoms with van der Waals surface area (Å²) in [4.78, 5) is 11.5. The lowest BCUT2D eigenvalue weighted by Gasteiger charge is -2.19. The maximum Gasteiger partial charge on any atom is 0.254 e. The summed E-state index contributed by atoms with van der Waals surface area (Å²) in [6, 6.07) is 4.60. The summed E-state index contributed by atoms with van der Waals surface area (Å²) in [5, 5.41) is 11.0. The molecule has 0 aliphatic carbocycles. The monoisotopic (exact) mass is 239 g/mol. The zero-order chi connectivity index (χ0) is 13.1. The van der Waals surface area contributed by atoms with E-state index in [0.29, 0.717) is 0 Å². The average molecular weight is 239 g/mol. The van der Waals surface area contributed by atoms with Crippen LogP contribution in [0.5, 0.6) is 0 Å². The van der Waals surface area contributed by atoms with Gasteiger partial charge < -0.3 is 10.4 Å². The van der Waals surface area contributed by atoms with Gasteiger partial charge >= 0.3 is 0 Å². The van der Waals surface area contributed by atoms with Crippen LogP contribution in [0.2, 0.25) is 0 Å². The van der Waals surface area contributed by atoms with Crippen LogP contribution in [-0.2, 0) is 5.41 Å². The van der Waals surface area contributed by atoms with Crippen molar-refractivity contribution in [2.24, 2.45) is 0 Å². The third-order valence-electron chi connectivity index (χ3n) is 2.48. The molecule has 1 rings (SSSR count). The predicted octanol–water partition coefficient (Wildman–Crippen LogP) is 1.85. The summed E-state index contributed by atoms with van der Waals surface area (Å²) in [6.45, 7) is 5.90. The highest BCUT2D eigenvalue weighted by atomic mass is 19.1. The second-order valence-corrected chi connectivity index (χ2v) is 4.92. The highest BCUT2D eigenvalue weighted by molar-refractivity contribution is 5.94. The molecular weight excluding hydrogens is 221 g/mol. The van der Waals surface area contributed by atoms with Crippen LogP contribution in [0.1, 0.15) is 36.7 Å². The third-order valence-corrected chi connectivity index (χ3v) is 2.48. The van der Waals surface area contributed by atoms with Crippen LogP contribution in [0.4, 0.5) is 4.39 Å². The quantitative estimate of drug-likeness (QED) is 0.845. The summed E-state index contributed by atoms with van der Waals surface area (Å²) in [7, 11) is 0. The average Bonchev–Trinajstić information content (AvgIpc) is 2.24. The van der Waals surface area contributed by atoms with Crippen molar-refractivity contribution in [3.05, 3.63) is 35.1 Å². The summed E-state index contributed by atoms with van der Waals surface area (Å²) < 4.78 is 13.7. The summed E-state index contributed by atoms with van der Waals surface area (Å²) in [5.74, 6) is -1.04. The van der Waals surface area contributed by atoms with E-state index in [9.17, 15) is 9.18 Å². The normalized spacial score (nSPS) is 11.4. The lowest BCUT2D eigenvalue weighted by Crippen LogP contribution is -2.27. The highest BCUT2D eigenvalue weighted by Crippen LogP contribution is 2.23. The van der Waals surface area contributed by atoms with Gasteiger partial charge in [0.05, 0.1) is 12.2 Å². The molecule has 4 heteroatoms. The van der Waals surface area contributed by atoms with Gasteiger partial charge in [-0.25, -0.2) is 4.39 Å². The standard InChI is InChI=1S/C13H18FNO2/c1-13(2,3)9-4-5-10(11(14)8-9)12(17)15-6-7-16/h4-5,8,16H,6-7H2,1-3H3,(H,15,17). The first kappa shape index (κ1) is 13.6. The number of aliphatic hydroxyl groups is 1. The van der Waals surface area contributed by atoms with Crippen LogP contribution in [0.3, 0.4) is 0 Å². The zero-order valence-corrected chi connectivity index (χ0v) is 10.4. The number of aliphatic hydroxyl groups excluding tert-OH is 1. The van der Waals surface area contributed by atoms with E-state index in [-0.39, 0.29) is 24.1 Å². The van der Waals surface area contributed by atoms with Gasteiger partial charge in [-0.3, -0.25) is 4.79 Å². The van der Waals surface area contributed by atoms with Crippen molar-refractivity contribution in [2.75, 3.05) is 13.2 Å². The highest BCUT2D eigenvalue weighted by Gasteiger charge is 2.17. The van der Waals surface area contributed by atoms with Crippen LogP contribution < -0.4 is 5.32 Å². The van der Waals surface area contributed by atoms with Crippen molar-refractivity contribution in [3.8, 4) is 0 Å². The van der Waals surface area contributed by atoms with E-state index in [2.05, 4.69) is 5.32 Å². The lowest BCUT2D eigenvalue weighted by atomic mass is 9.86. The van der Waals surface area contributed by atoms with E-state index >= 15 is 0 Å². The van der Waals surface area contributed by atoms with Crippen LogP contribution in [-0.4, -0.2) is 24.2 Å². The largest absolute Gasteiger partial charge is 0.395 e. The van der Waals surface area contributed by atoms with Gasteiger partial charge in [-0.1, -0.05) is 26.8 Å². The van der Waals surface area contributed by atoms with Gasteiger partial charge in [-0.2, -0.15) is 0 Å². The third kappa shape index (κ3) is 3.53. The van der Waals surface area contributed by atoms with Gasteiger partial charge in [0.25, 0.3) is 5.91 Å². The molecule has 0 heterocycles. The first-order chi connectivity index (χ1) is 7.86. The molecular formula is C13H18FNO2. The number of hydrogen-bond donors (Lipinski definition) is 2. The second-order valence-electron chi connectivity index (χ2n) is 4.92. The number of amides is 1. The molecule has 0 aromatic heterocycles. The van der Waals surface area contributed by atoms with E-state index in [1.165, 1.54) is 12.1 Å². The Morgan fingerprint density at radius 2 is 2.06 bits per heavy atom. The summed E-state index contributed by atoms with van der Waals surface area (Å²) >= 11 is 0. The van der Waals surface area contributed by atoms with E-state index in [4.69, 9.17) is 5.11 Å². The number of rotatable bonds is 3. The van der Waals surface area contributed by atoms with E-state index in [0.717, 1.165) is 5.56 Å². The number of benzene rings is 1. The molecule has 2 N–H and O–H groups in total. The molecule has 0 unspecified atom stereocenters. The fourth-order valence-electron chi connectivity index (χ4n) is 1.43. The van der Waals surface area contributed by atoms with E-state index in [1.807, 2.05) is 20.8 Å². The Morgan fingerprint density at radius 1 is 1.41 bits per heavy atom. The van der Waals surface area contributed by atoms with Crippen LogP contribution >= 0.6 is 0 Å². The number of halogens is 1. The molecule has 0 saturated carbocycles. The minimum atomic E-state index is -0.534. The Labute approximate surface area is 101 Å². The second kappa shape index (κ2) is 5.27. The fourth-order valence-corrected chi connectivity index (χ4v) is 1.43. The topological polar surface area (TPSA) is 49.3 Å². The van der Waals surface area contributed by atoms with Gasteiger partial charge in [0, 0.05) is 6.54 Å². The first-order valence-corrected chi connectivity index (χ1v) is 5.55. The Morgan fingerprint density at radius 3 is 2.53 bits per heavy atom. The number of carbonyl (C=O) groups excluding carboxylic acids is 1. The maximum atomic E-state index is 13.7. The number of nitrogens with one attached hydrogen (secondary N) is 1. The van der Waals surface area contributed by atoms with Crippen molar-refractivity contribution >= 4 is 5.91 Å². The predicted molar refractivity (Wildman–Crippen MR) is 64.5 cm³/mol. The summed E-state index contributed by atoms with van der Waals surface area (Å²) in [6.07, 6.45) is 0. The van der Waals surface area contributed by atoms with Crippen molar-refractivity contribution in [2.45, 2.75) is 26.2 Å². The van der Waals surface area contributed by atoms with Gasteiger partial charge in [0.2, 0.25) is 0 Å². The minimum Gasteiger partial charge on any atom is -0.395 e. The molecule has 17 heavy (non-hydrogen) atoms. The van der Waals surface area contributed by atoms with E-state index in [1.54, 1.807) is 6.07 Å².